The average Bonchev–Trinajstić information content (AvgIpc) is 2.26. The van der Waals surface area contributed by atoms with Gasteiger partial charge in [0.2, 0.25) is 0 Å². The number of sulfonamides is 1. The Morgan fingerprint density at radius 2 is 1.88 bits per heavy atom. The third-order valence-electron chi connectivity index (χ3n) is 2.08. The molecule has 0 N–H and O–H groups in total. The van der Waals surface area contributed by atoms with E-state index in [2.05, 4.69) is 4.40 Å². The van der Waals surface area contributed by atoms with E-state index in [-0.39, 0.29) is 10.8 Å². The zero-order valence-corrected chi connectivity index (χ0v) is 10.4. The molecule has 0 fully saturated rings. The van der Waals surface area contributed by atoms with E-state index in [0.717, 1.165) is 5.56 Å². The first-order valence-corrected chi connectivity index (χ1v) is 6.38. The lowest BCUT2D eigenvalue weighted by atomic mass is 10.2. The molecule has 0 atom stereocenters. The number of rotatable bonds is 3. The monoisotopic (exact) mass is 241 g/mol. The molecule has 4 nitrogen and oxygen atoms in total. The van der Waals surface area contributed by atoms with Crippen molar-refractivity contribution in [3.63, 3.8) is 0 Å². The maximum absolute atomic E-state index is 11.8. The largest absolute Gasteiger partial charge is 0.484 e. The van der Waals surface area contributed by atoms with E-state index in [1.54, 1.807) is 19.1 Å². The van der Waals surface area contributed by atoms with Gasteiger partial charge >= 0.3 is 0 Å². The minimum atomic E-state index is -3.64. The lowest BCUT2D eigenvalue weighted by Gasteiger charge is -2.03. The second-order valence-electron chi connectivity index (χ2n) is 3.33. The van der Waals surface area contributed by atoms with Crippen LogP contribution in [-0.4, -0.2) is 21.4 Å². The maximum atomic E-state index is 11.8. The van der Waals surface area contributed by atoms with Gasteiger partial charge in [-0.05, 0) is 19.1 Å². The van der Waals surface area contributed by atoms with Gasteiger partial charge in [-0.2, -0.15) is 8.42 Å². The summed E-state index contributed by atoms with van der Waals surface area (Å²) in [5, 5.41) is 0. The minimum Gasteiger partial charge on any atom is -0.484 e. The molecule has 5 heteroatoms. The van der Waals surface area contributed by atoms with Crippen LogP contribution < -0.4 is 0 Å². The molecule has 0 heterocycles. The lowest BCUT2D eigenvalue weighted by molar-refractivity contribution is 0.393. The van der Waals surface area contributed by atoms with Crippen molar-refractivity contribution in [2.75, 3.05) is 7.11 Å². The molecular weight excluding hydrogens is 226 g/mol. The van der Waals surface area contributed by atoms with Gasteiger partial charge in [0, 0.05) is 6.42 Å². The summed E-state index contributed by atoms with van der Waals surface area (Å²) in [5.41, 5.74) is 1.00. The van der Waals surface area contributed by atoms with Gasteiger partial charge in [-0.25, -0.2) is 0 Å². The molecule has 88 valence electrons. The fourth-order valence-electron chi connectivity index (χ4n) is 1.14. The van der Waals surface area contributed by atoms with Crippen LogP contribution in [0.3, 0.4) is 0 Å². The molecule has 1 rings (SSSR count). The highest BCUT2D eigenvalue weighted by atomic mass is 32.2. The SMILES string of the molecule is CCC(=NS(=O)(=O)c1ccc(C)cc1)OC. The molecule has 0 radical (unpaired) electrons. The zero-order valence-electron chi connectivity index (χ0n) is 9.60. The molecule has 1 aromatic carbocycles. The predicted molar refractivity (Wildman–Crippen MR) is 63.1 cm³/mol. The number of hydrogen-bond donors (Lipinski definition) is 0. The first-order valence-electron chi connectivity index (χ1n) is 4.94. The van der Waals surface area contributed by atoms with Gasteiger partial charge in [-0.15, -0.1) is 4.40 Å². The molecule has 0 spiro atoms. The molecule has 0 aliphatic rings. The fourth-order valence-corrected chi connectivity index (χ4v) is 2.20. The van der Waals surface area contributed by atoms with E-state index >= 15 is 0 Å². The summed E-state index contributed by atoms with van der Waals surface area (Å²) in [6, 6.07) is 6.55. The number of benzene rings is 1. The van der Waals surface area contributed by atoms with Gasteiger partial charge < -0.3 is 4.74 Å². The van der Waals surface area contributed by atoms with Crippen molar-refractivity contribution in [2.24, 2.45) is 4.40 Å². The summed E-state index contributed by atoms with van der Waals surface area (Å²) in [7, 11) is -2.23. The first kappa shape index (κ1) is 12.7. The van der Waals surface area contributed by atoms with Crippen LogP contribution in [0, 0.1) is 6.92 Å². The van der Waals surface area contributed by atoms with Crippen LogP contribution in [-0.2, 0) is 14.8 Å². The second kappa shape index (κ2) is 5.12. The minimum absolute atomic E-state index is 0.182. The van der Waals surface area contributed by atoms with Crippen molar-refractivity contribution in [3.05, 3.63) is 29.8 Å². The van der Waals surface area contributed by atoms with Gasteiger partial charge in [0.05, 0.1) is 12.0 Å². The third kappa shape index (κ3) is 3.06. The van der Waals surface area contributed by atoms with Gasteiger partial charge in [-0.3, -0.25) is 0 Å². The standard InChI is InChI=1S/C11H15NO3S/c1-4-11(15-3)12-16(13,14)10-7-5-9(2)6-8-10/h5-8H,4H2,1-3H3. The van der Waals surface area contributed by atoms with Crippen molar-refractivity contribution in [1.29, 1.82) is 0 Å². The molecule has 0 aromatic heterocycles. The Labute approximate surface area is 96.0 Å². The molecule has 1 aromatic rings. The Bertz CT molecular complexity index is 468. The Morgan fingerprint density at radius 3 is 2.31 bits per heavy atom. The highest BCUT2D eigenvalue weighted by Crippen LogP contribution is 2.13. The topological polar surface area (TPSA) is 55.7 Å². The predicted octanol–water partition coefficient (Wildman–Crippen LogP) is 2.14. The maximum Gasteiger partial charge on any atom is 0.285 e. The molecule has 0 unspecified atom stereocenters. The molecule has 0 aliphatic heterocycles. The van der Waals surface area contributed by atoms with Crippen molar-refractivity contribution in [3.8, 4) is 0 Å². The van der Waals surface area contributed by atoms with Gasteiger partial charge in [0.25, 0.3) is 10.0 Å². The molecule has 0 saturated carbocycles. The molecule has 16 heavy (non-hydrogen) atoms. The van der Waals surface area contributed by atoms with Crippen LogP contribution in [0.5, 0.6) is 0 Å². The van der Waals surface area contributed by atoms with Crippen LogP contribution in [0.25, 0.3) is 0 Å². The van der Waals surface area contributed by atoms with E-state index in [1.807, 2.05) is 6.92 Å². The highest BCUT2D eigenvalue weighted by molar-refractivity contribution is 7.90. The molecule has 0 amide bonds. The number of hydrogen-bond acceptors (Lipinski definition) is 3. The normalized spacial score (nSPS) is 12.6. The number of aryl methyl sites for hydroxylation is 1. The van der Waals surface area contributed by atoms with Gasteiger partial charge in [0.1, 0.15) is 0 Å². The van der Waals surface area contributed by atoms with Crippen LogP contribution in [0.4, 0.5) is 0 Å². The molecular formula is C11H15NO3S. The van der Waals surface area contributed by atoms with Crippen molar-refractivity contribution in [2.45, 2.75) is 25.2 Å². The summed E-state index contributed by atoms with van der Waals surface area (Å²) in [4.78, 5) is 0.182. The van der Waals surface area contributed by atoms with Crippen molar-refractivity contribution in [1.82, 2.24) is 0 Å². The smallest absolute Gasteiger partial charge is 0.285 e. The zero-order chi connectivity index (χ0) is 12.2. The Balaban J connectivity index is 3.12. The number of methoxy groups -OCH3 is 1. The van der Waals surface area contributed by atoms with E-state index in [9.17, 15) is 8.42 Å². The Morgan fingerprint density at radius 1 is 1.31 bits per heavy atom. The van der Waals surface area contributed by atoms with Gasteiger partial charge in [-0.1, -0.05) is 24.6 Å². The van der Waals surface area contributed by atoms with Crippen LogP contribution >= 0.6 is 0 Å². The summed E-state index contributed by atoms with van der Waals surface area (Å²) < 4.78 is 32.1. The Kier molecular flexibility index (Phi) is 4.06. The summed E-state index contributed by atoms with van der Waals surface area (Å²) in [5.74, 6) is 0.209. The molecule has 0 saturated heterocycles. The average molecular weight is 241 g/mol. The summed E-state index contributed by atoms with van der Waals surface area (Å²) in [6.07, 6.45) is 0.446. The Hall–Kier alpha value is -1.36. The number of nitrogens with zero attached hydrogens (tertiary/aromatic N) is 1. The summed E-state index contributed by atoms with van der Waals surface area (Å²) in [6.45, 7) is 3.68. The second-order valence-corrected chi connectivity index (χ2v) is 4.93. The van der Waals surface area contributed by atoms with Crippen molar-refractivity contribution < 1.29 is 13.2 Å². The molecule has 0 bridgehead atoms. The highest BCUT2D eigenvalue weighted by Gasteiger charge is 2.13. The fraction of sp³-hybridized carbons (Fsp3) is 0.364. The van der Waals surface area contributed by atoms with Crippen LogP contribution in [0.15, 0.2) is 33.6 Å². The van der Waals surface area contributed by atoms with Crippen LogP contribution in [0.2, 0.25) is 0 Å². The quantitative estimate of drug-likeness (QED) is 0.601. The van der Waals surface area contributed by atoms with Gasteiger partial charge in [0.15, 0.2) is 5.90 Å². The summed E-state index contributed by atoms with van der Waals surface area (Å²) >= 11 is 0. The van der Waals surface area contributed by atoms with Crippen molar-refractivity contribution >= 4 is 15.9 Å². The molecule has 0 aliphatic carbocycles. The van der Waals surface area contributed by atoms with Crippen LogP contribution in [0.1, 0.15) is 18.9 Å². The van der Waals surface area contributed by atoms with E-state index in [0.29, 0.717) is 6.42 Å². The van der Waals surface area contributed by atoms with E-state index in [1.165, 1.54) is 19.2 Å². The lowest BCUT2D eigenvalue weighted by Crippen LogP contribution is -2.05. The van der Waals surface area contributed by atoms with E-state index in [4.69, 9.17) is 4.74 Å². The first-order chi connectivity index (χ1) is 7.49. The third-order valence-corrected chi connectivity index (χ3v) is 3.39. The van der Waals surface area contributed by atoms with E-state index < -0.39 is 10.0 Å². The number of ether oxygens (including phenoxy) is 1.